The van der Waals surface area contributed by atoms with Crippen molar-refractivity contribution in [3.63, 3.8) is 0 Å². The first kappa shape index (κ1) is 11.6. The Bertz CT molecular complexity index is 317. The van der Waals surface area contributed by atoms with E-state index >= 15 is 0 Å². The normalized spacial score (nSPS) is 30.2. The van der Waals surface area contributed by atoms with E-state index in [4.69, 9.17) is 5.11 Å². The van der Waals surface area contributed by atoms with E-state index in [1.165, 1.54) is 10.5 Å². The first-order valence-corrected chi connectivity index (χ1v) is 5.92. The Morgan fingerprint density at radius 3 is 2.75 bits per heavy atom. The van der Waals surface area contributed by atoms with E-state index in [1.54, 1.807) is 0 Å². The molecule has 2 N–H and O–H groups in total. The van der Waals surface area contributed by atoms with Crippen LogP contribution in [0.15, 0.2) is 30.3 Å². The molecule has 0 saturated carbocycles. The average molecular weight is 224 g/mol. The second kappa shape index (κ2) is 5.41. The molecule has 0 spiro atoms. The van der Waals surface area contributed by atoms with Crippen LogP contribution in [0, 0.1) is 5.92 Å². The molecular weight excluding hydrogens is 205 g/mol. The van der Waals surface area contributed by atoms with Gasteiger partial charge >= 0.3 is 0 Å². The summed E-state index contributed by atoms with van der Waals surface area (Å²) in [6.07, 6.45) is -0.238. The summed E-state index contributed by atoms with van der Waals surface area (Å²) in [5.41, 5.74) is 1.28. The van der Waals surface area contributed by atoms with E-state index in [0.29, 0.717) is 6.42 Å². The summed E-state index contributed by atoms with van der Waals surface area (Å²) < 4.78 is 13.4. The van der Waals surface area contributed by atoms with Crippen molar-refractivity contribution in [2.75, 3.05) is 19.7 Å². The third-order valence-electron chi connectivity index (χ3n) is 3.37. The molecule has 1 aromatic carbocycles. The zero-order valence-electron chi connectivity index (χ0n) is 9.40. The minimum absolute atomic E-state index is 0.0283. The number of piperidine rings is 1. The zero-order valence-corrected chi connectivity index (χ0v) is 9.40. The van der Waals surface area contributed by atoms with E-state index in [0.717, 1.165) is 19.6 Å². The number of nitrogens with one attached hydrogen (secondary N) is 1. The van der Waals surface area contributed by atoms with Crippen LogP contribution in [-0.4, -0.2) is 31.0 Å². The summed E-state index contributed by atoms with van der Waals surface area (Å²) in [5.74, 6) is -0.174. The van der Waals surface area contributed by atoms with Crippen molar-refractivity contribution in [1.29, 1.82) is 0 Å². The van der Waals surface area contributed by atoms with Crippen LogP contribution in [0.1, 0.15) is 12.0 Å². The Balaban J connectivity index is 1.92. The quantitative estimate of drug-likeness (QED) is 0.764. The summed E-state index contributed by atoms with van der Waals surface area (Å²) in [5, 5.41) is 9.09. The topological polar surface area (TPSA) is 24.7 Å². The first-order valence-electron chi connectivity index (χ1n) is 5.92. The maximum absolute atomic E-state index is 13.4. The van der Waals surface area contributed by atoms with Crippen LogP contribution in [-0.2, 0) is 6.54 Å². The lowest BCUT2D eigenvalue weighted by molar-refractivity contribution is -0.923. The lowest BCUT2D eigenvalue weighted by atomic mass is 9.96. The van der Waals surface area contributed by atoms with E-state index in [-0.39, 0.29) is 12.5 Å². The third kappa shape index (κ3) is 2.80. The smallest absolute Gasteiger partial charge is 0.116 e. The molecule has 16 heavy (non-hydrogen) atoms. The SMILES string of the molecule is OCC1C[NH+](Cc2ccccc2)CCC1F. The molecule has 1 heterocycles. The van der Waals surface area contributed by atoms with Crippen LogP contribution in [0.5, 0.6) is 0 Å². The minimum atomic E-state index is -0.815. The number of rotatable bonds is 3. The van der Waals surface area contributed by atoms with E-state index in [2.05, 4.69) is 12.1 Å². The molecule has 2 rings (SSSR count). The van der Waals surface area contributed by atoms with Gasteiger partial charge in [0.2, 0.25) is 0 Å². The van der Waals surface area contributed by atoms with Gasteiger partial charge in [0.15, 0.2) is 0 Å². The van der Waals surface area contributed by atoms with Crippen molar-refractivity contribution in [3.05, 3.63) is 35.9 Å². The van der Waals surface area contributed by atoms with Gasteiger partial charge in [-0.1, -0.05) is 30.3 Å². The number of quaternary nitrogens is 1. The molecule has 0 radical (unpaired) electrons. The Morgan fingerprint density at radius 2 is 2.06 bits per heavy atom. The average Bonchev–Trinajstić information content (AvgIpc) is 2.33. The van der Waals surface area contributed by atoms with Gasteiger partial charge in [-0.15, -0.1) is 0 Å². The second-order valence-electron chi connectivity index (χ2n) is 4.61. The highest BCUT2D eigenvalue weighted by atomic mass is 19.1. The number of aliphatic hydroxyl groups excluding tert-OH is 1. The summed E-state index contributed by atoms with van der Waals surface area (Å²) in [4.78, 5) is 1.37. The maximum Gasteiger partial charge on any atom is 0.116 e. The van der Waals surface area contributed by atoms with Crippen LogP contribution < -0.4 is 4.90 Å². The molecule has 1 aromatic rings. The Kier molecular flexibility index (Phi) is 3.91. The number of halogens is 1. The van der Waals surface area contributed by atoms with Crippen molar-refractivity contribution in [3.8, 4) is 0 Å². The number of benzene rings is 1. The van der Waals surface area contributed by atoms with Crippen LogP contribution in [0.25, 0.3) is 0 Å². The summed E-state index contributed by atoms with van der Waals surface area (Å²) in [7, 11) is 0. The van der Waals surface area contributed by atoms with E-state index in [9.17, 15) is 4.39 Å². The number of alkyl halides is 1. The molecule has 1 fully saturated rings. The molecule has 0 aliphatic carbocycles. The van der Waals surface area contributed by atoms with Gasteiger partial charge in [-0.05, 0) is 0 Å². The van der Waals surface area contributed by atoms with Crippen molar-refractivity contribution in [2.45, 2.75) is 19.1 Å². The van der Waals surface area contributed by atoms with Crippen molar-refractivity contribution < 1.29 is 14.4 Å². The van der Waals surface area contributed by atoms with Crippen LogP contribution in [0.4, 0.5) is 4.39 Å². The molecule has 1 aliphatic rings. The van der Waals surface area contributed by atoms with Gasteiger partial charge in [0.05, 0.1) is 25.6 Å². The number of likely N-dealkylation sites (tertiary alicyclic amines) is 1. The highest BCUT2D eigenvalue weighted by Crippen LogP contribution is 2.12. The molecule has 3 atom stereocenters. The Labute approximate surface area is 95.7 Å². The fourth-order valence-corrected chi connectivity index (χ4v) is 2.40. The van der Waals surface area contributed by atoms with E-state index < -0.39 is 6.17 Å². The van der Waals surface area contributed by atoms with Gasteiger partial charge in [-0.3, -0.25) is 0 Å². The van der Waals surface area contributed by atoms with Gasteiger partial charge < -0.3 is 10.0 Å². The van der Waals surface area contributed by atoms with Crippen LogP contribution >= 0.6 is 0 Å². The minimum Gasteiger partial charge on any atom is -0.396 e. The highest BCUT2D eigenvalue weighted by Gasteiger charge is 2.31. The summed E-state index contributed by atoms with van der Waals surface area (Å²) in [6.45, 7) is 2.52. The summed E-state index contributed by atoms with van der Waals surface area (Å²) >= 11 is 0. The van der Waals surface area contributed by atoms with Crippen LogP contribution in [0.3, 0.4) is 0 Å². The predicted molar refractivity (Wildman–Crippen MR) is 60.9 cm³/mol. The molecule has 3 unspecified atom stereocenters. The molecule has 88 valence electrons. The Morgan fingerprint density at radius 1 is 1.31 bits per heavy atom. The molecule has 1 saturated heterocycles. The van der Waals surface area contributed by atoms with Crippen molar-refractivity contribution >= 4 is 0 Å². The molecule has 2 nitrogen and oxygen atoms in total. The molecular formula is C13H19FNO+. The number of hydrogen-bond donors (Lipinski definition) is 2. The van der Waals surface area contributed by atoms with Crippen LogP contribution in [0.2, 0.25) is 0 Å². The van der Waals surface area contributed by atoms with Gasteiger partial charge in [0.25, 0.3) is 0 Å². The maximum atomic E-state index is 13.4. The fourth-order valence-electron chi connectivity index (χ4n) is 2.40. The molecule has 0 amide bonds. The lowest BCUT2D eigenvalue weighted by Gasteiger charge is -2.31. The van der Waals surface area contributed by atoms with Crippen molar-refractivity contribution in [2.24, 2.45) is 5.92 Å². The van der Waals surface area contributed by atoms with Gasteiger partial charge in [0, 0.05) is 12.0 Å². The van der Waals surface area contributed by atoms with Gasteiger partial charge in [-0.2, -0.15) is 0 Å². The standard InChI is InChI=1S/C13H18FNO/c14-13-6-7-15(9-12(13)10-16)8-11-4-2-1-3-5-11/h1-5,12-13,16H,6-10H2/p+1. The second-order valence-corrected chi connectivity index (χ2v) is 4.61. The fraction of sp³-hybridized carbons (Fsp3) is 0.538. The zero-order chi connectivity index (χ0) is 11.4. The summed E-state index contributed by atoms with van der Waals surface area (Å²) in [6, 6.07) is 10.3. The molecule has 0 aromatic heterocycles. The van der Waals surface area contributed by atoms with Gasteiger partial charge in [0.1, 0.15) is 12.7 Å². The molecule has 1 aliphatic heterocycles. The Hall–Kier alpha value is -0.930. The van der Waals surface area contributed by atoms with E-state index in [1.807, 2.05) is 18.2 Å². The largest absolute Gasteiger partial charge is 0.396 e. The van der Waals surface area contributed by atoms with Crippen molar-refractivity contribution in [1.82, 2.24) is 0 Å². The molecule has 3 heteroatoms. The monoisotopic (exact) mass is 224 g/mol. The highest BCUT2D eigenvalue weighted by molar-refractivity contribution is 5.13. The first-order chi connectivity index (χ1) is 7.79. The third-order valence-corrected chi connectivity index (χ3v) is 3.37. The predicted octanol–water partition coefficient (Wildman–Crippen LogP) is 0.422. The number of hydrogen-bond acceptors (Lipinski definition) is 1. The van der Waals surface area contributed by atoms with Gasteiger partial charge in [-0.25, -0.2) is 4.39 Å². The number of aliphatic hydroxyl groups is 1. The molecule has 0 bridgehead atoms. The lowest BCUT2D eigenvalue weighted by Crippen LogP contribution is -3.13.